The molecule has 7 heteroatoms. The molecule has 0 aromatic heterocycles. The molecule has 4 unspecified atom stereocenters. The maximum atomic E-state index is 12.6. The standard InChI is InChI=1S/C21H22N4O2S/c1-13-8-6-7-11-17(13)23-19(26)14(2)28-21-24-18(15-9-4-3-5-10-15)16(12-22)20(27)25-21/h3-11,14,16,18,21,24H,1-2H3,(H,23,26)(H,25,27). The summed E-state index contributed by atoms with van der Waals surface area (Å²) in [6.45, 7) is 3.73. The van der Waals surface area contributed by atoms with E-state index in [0.29, 0.717) is 0 Å². The lowest BCUT2D eigenvalue weighted by Crippen LogP contribution is -2.56. The first-order valence-electron chi connectivity index (χ1n) is 9.02. The van der Waals surface area contributed by atoms with Crippen molar-refractivity contribution in [2.45, 2.75) is 30.6 Å². The monoisotopic (exact) mass is 394 g/mol. The summed E-state index contributed by atoms with van der Waals surface area (Å²) >= 11 is 1.30. The van der Waals surface area contributed by atoms with Gasteiger partial charge in [0, 0.05) is 5.69 Å². The minimum atomic E-state index is -0.824. The van der Waals surface area contributed by atoms with E-state index in [9.17, 15) is 14.9 Å². The molecule has 0 spiro atoms. The van der Waals surface area contributed by atoms with Crippen molar-refractivity contribution in [2.24, 2.45) is 5.92 Å². The van der Waals surface area contributed by atoms with Crippen LogP contribution < -0.4 is 16.0 Å². The SMILES string of the molecule is Cc1ccccc1NC(=O)C(C)SC1NC(=O)C(C#N)C(c2ccccc2)N1. The zero-order chi connectivity index (χ0) is 20.1. The van der Waals surface area contributed by atoms with Crippen LogP contribution in [0.25, 0.3) is 0 Å². The van der Waals surface area contributed by atoms with Gasteiger partial charge in [-0.1, -0.05) is 48.5 Å². The maximum Gasteiger partial charge on any atom is 0.241 e. The minimum absolute atomic E-state index is 0.144. The lowest BCUT2D eigenvalue weighted by atomic mass is 9.92. The molecule has 1 heterocycles. The summed E-state index contributed by atoms with van der Waals surface area (Å²) < 4.78 is 0. The van der Waals surface area contributed by atoms with Crippen molar-refractivity contribution < 1.29 is 9.59 Å². The normalized spacial score (nSPS) is 22.6. The number of benzene rings is 2. The van der Waals surface area contributed by atoms with Gasteiger partial charge in [0.05, 0.1) is 17.4 Å². The largest absolute Gasteiger partial charge is 0.331 e. The fourth-order valence-corrected chi connectivity index (χ4v) is 4.04. The lowest BCUT2D eigenvalue weighted by molar-refractivity contribution is -0.126. The summed E-state index contributed by atoms with van der Waals surface area (Å²) in [5.41, 5.74) is 2.15. The van der Waals surface area contributed by atoms with Gasteiger partial charge in [0.25, 0.3) is 0 Å². The van der Waals surface area contributed by atoms with E-state index in [-0.39, 0.29) is 11.8 Å². The van der Waals surface area contributed by atoms with Gasteiger partial charge >= 0.3 is 0 Å². The molecule has 4 atom stereocenters. The molecule has 0 bridgehead atoms. The number of aryl methyl sites for hydroxylation is 1. The fraction of sp³-hybridized carbons (Fsp3) is 0.286. The number of hydrogen-bond donors (Lipinski definition) is 3. The van der Waals surface area contributed by atoms with Crippen LogP contribution in [-0.4, -0.2) is 22.6 Å². The second-order valence-electron chi connectivity index (χ2n) is 6.63. The molecule has 1 aliphatic rings. The Morgan fingerprint density at radius 3 is 2.54 bits per heavy atom. The van der Waals surface area contributed by atoms with Crippen molar-refractivity contribution in [3.63, 3.8) is 0 Å². The van der Waals surface area contributed by atoms with Crippen molar-refractivity contribution in [1.29, 1.82) is 5.26 Å². The number of hydrogen-bond acceptors (Lipinski definition) is 5. The van der Waals surface area contributed by atoms with Gasteiger partial charge in [-0.3, -0.25) is 14.9 Å². The Balaban J connectivity index is 1.68. The number of nitrogens with one attached hydrogen (secondary N) is 3. The Morgan fingerprint density at radius 1 is 1.18 bits per heavy atom. The van der Waals surface area contributed by atoms with Crippen LogP contribution >= 0.6 is 11.8 Å². The zero-order valence-electron chi connectivity index (χ0n) is 15.7. The summed E-state index contributed by atoms with van der Waals surface area (Å²) in [5, 5.41) is 18.0. The van der Waals surface area contributed by atoms with E-state index in [1.807, 2.05) is 61.5 Å². The molecule has 3 rings (SSSR count). The Labute approximate surface area is 168 Å². The number of para-hydroxylation sites is 1. The van der Waals surface area contributed by atoms with Crippen LogP contribution in [0.1, 0.15) is 24.1 Å². The second-order valence-corrected chi connectivity index (χ2v) is 8.08. The summed E-state index contributed by atoms with van der Waals surface area (Å²) in [6, 6.07) is 18.6. The molecule has 28 heavy (non-hydrogen) atoms. The molecule has 3 N–H and O–H groups in total. The molecule has 0 radical (unpaired) electrons. The van der Waals surface area contributed by atoms with Crippen LogP contribution in [0.5, 0.6) is 0 Å². The summed E-state index contributed by atoms with van der Waals surface area (Å²) in [7, 11) is 0. The fourth-order valence-electron chi connectivity index (χ4n) is 3.04. The van der Waals surface area contributed by atoms with Gasteiger partial charge in [-0.15, -0.1) is 11.8 Å². The number of carbonyl (C=O) groups excluding carboxylic acids is 2. The third kappa shape index (κ3) is 4.53. The van der Waals surface area contributed by atoms with E-state index in [4.69, 9.17) is 0 Å². The third-order valence-electron chi connectivity index (χ3n) is 4.63. The molecule has 0 aliphatic carbocycles. The molecule has 6 nitrogen and oxygen atoms in total. The Morgan fingerprint density at radius 2 is 1.86 bits per heavy atom. The first-order chi connectivity index (χ1) is 13.5. The number of rotatable bonds is 5. The lowest BCUT2D eigenvalue weighted by Gasteiger charge is -2.35. The summed E-state index contributed by atoms with van der Waals surface area (Å²) in [5.74, 6) is -1.30. The van der Waals surface area contributed by atoms with Crippen molar-refractivity contribution in [3.8, 4) is 6.07 Å². The highest BCUT2D eigenvalue weighted by molar-refractivity contribution is 8.01. The molecule has 1 saturated heterocycles. The molecule has 1 fully saturated rings. The van der Waals surface area contributed by atoms with Crippen LogP contribution in [-0.2, 0) is 9.59 Å². The summed E-state index contributed by atoms with van der Waals surface area (Å²) in [6.07, 6.45) is 0. The molecular weight excluding hydrogens is 372 g/mol. The van der Waals surface area contributed by atoms with Gasteiger partial charge in [-0.05, 0) is 31.0 Å². The van der Waals surface area contributed by atoms with Crippen LogP contribution in [0.2, 0.25) is 0 Å². The zero-order valence-corrected chi connectivity index (χ0v) is 16.5. The van der Waals surface area contributed by atoms with Gasteiger partial charge in [-0.2, -0.15) is 5.26 Å². The highest BCUT2D eigenvalue weighted by Gasteiger charge is 2.38. The third-order valence-corrected chi connectivity index (χ3v) is 5.78. The maximum absolute atomic E-state index is 12.6. The Bertz CT molecular complexity index is 897. The molecule has 2 amide bonds. The van der Waals surface area contributed by atoms with Crippen molar-refractivity contribution in [3.05, 3.63) is 65.7 Å². The predicted octanol–water partition coefficient (Wildman–Crippen LogP) is 2.94. The number of thioether (sulfide) groups is 1. The number of nitriles is 1. The van der Waals surface area contributed by atoms with Gasteiger partial charge in [0.15, 0.2) is 0 Å². The van der Waals surface area contributed by atoms with E-state index in [2.05, 4.69) is 22.0 Å². The highest BCUT2D eigenvalue weighted by Crippen LogP contribution is 2.29. The first kappa shape index (κ1) is 19.9. The van der Waals surface area contributed by atoms with Gasteiger partial charge in [-0.25, -0.2) is 0 Å². The van der Waals surface area contributed by atoms with Crippen LogP contribution in [0.4, 0.5) is 5.69 Å². The molecule has 1 aliphatic heterocycles. The Hall–Kier alpha value is -2.82. The van der Waals surface area contributed by atoms with Crippen LogP contribution in [0, 0.1) is 24.2 Å². The van der Waals surface area contributed by atoms with E-state index in [1.54, 1.807) is 6.92 Å². The van der Waals surface area contributed by atoms with Gasteiger partial charge < -0.3 is 10.6 Å². The van der Waals surface area contributed by atoms with E-state index in [0.717, 1.165) is 16.8 Å². The summed E-state index contributed by atoms with van der Waals surface area (Å²) in [4.78, 5) is 25.0. The first-order valence-corrected chi connectivity index (χ1v) is 9.97. The van der Waals surface area contributed by atoms with Gasteiger partial charge in [0.2, 0.25) is 11.8 Å². The molecular formula is C21H22N4O2S. The average Bonchev–Trinajstić information content (AvgIpc) is 2.70. The van der Waals surface area contributed by atoms with E-state index < -0.39 is 22.7 Å². The topological polar surface area (TPSA) is 94.0 Å². The van der Waals surface area contributed by atoms with E-state index in [1.165, 1.54) is 11.8 Å². The van der Waals surface area contributed by atoms with Crippen molar-refractivity contribution in [1.82, 2.24) is 10.6 Å². The predicted molar refractivity (Wildman–Crippen MR) is 110 cm³/mol. The molecule has 144 valence electrons. The Kier molecular flexibility index (Phi) is 6.34. The number of carbonyl (C=O) groups is 2. The minimum Gasteiger partial charge on any atom is -0.331 e. The van der Waals surface area contributed by atoms with Crippen LogP contribution in [0.3, 0.4) is 0 Å². The number of amides is 2. The van der Waals surface area contributed by atoms with Gasteiger partial charge in [0.1, 0.15) is 11.4 Å². The molecule has 0 saturated carbocycles. The number of anilines is 1. The highest BCUT2D eigenvalue weighted by atomic mass is 32.2. The molecule has 2 aromatic rings. The average molecular weight is 395 g/mol. The van der Waals surface area contributed by atoms with Crippen LogP contribution in [0.15, 0.2) is 54.6 Å². The quantitative estimate of drug-likeness (QED) is 0.725. The smallest absolute Gasteiger partial charge is 0.241 e. The molecule has 2 aromatic carbocycles. The second kappa shape index (κ2) is 8.91. The number of nitrogens with zero attached hydrogens (tertiary/aromatic N) is 1. The van der Waals surface area contributed by atoms with Crippen molar-refractivity contribution >= 4 is 29.3 Å². The van der Waals surface area contributed by atoms with Crippen molar-refractivity contribution in [2.75, 3.05) is 5.32 Å². The van der Waals surface area contributed by atoms with E-state index >= 15 is 0 Å².